The number of aliphatic hydroxyl groups is 1. The highest BCUT2D eigenvalue weighted by Crippen LogP contribution is 2.20. The summed E-state index contributed by atoms with van der Waals surface area (Å²) >= 11 is 0. The van der Waals surface area contributed by atoms with Gasteiger partial charge in [-0.1, -0.05) is 0 Å². The van der Waals surface area contributed by atoms with E-state index in [0.717, 1.165) is 12.1 Å². The van der Waals surface area contributed by atoms with E-state index in [2.05, 4.69) is 4.72 Å². The van der Waals surface area contributed by atoms with Crippen LogP contribution in [0, 0.1) is 15.9 Å². The highest BCUT2D eigenvalue weighted by Gasteiger charge is 2.21. The molecule has 0 radical (unpaired) electrons. The molecule has 0 fully saturated rings. The van der Waals surface area contributed by atoms with Crippen molar-refractivity contribution in [1.29, 1.82) is 0 Å². The molecule has 1 aromatic rings. The van der Waals surface area contributed by atoms with Crippen LogP contribution in [0.5, 0.6) is 0 Å². The van der Waals surface area contributed by atoms with Gasteiger partial charge in [-0.2, -0.15) is 4.39 Å². The summed E-state index contributed by atoms with van der Waals surface area (Å²) in [5, 5.41) is 19.1. The summed E-state index contributed by atoms with van der Waals surface area (Å²) in [6.45, 7) is 0.994. The van der Waals surface area contributed by atoms with Gasteiger partial charge in [0.15, 0.2) is 0 Å². The van der Waals surface area contributed by atoms with Gasteiger partial charge in [-0.05, 0) is 13.0 Å². The Labute approximate surface area is 102 Å². The lowest BCUT2D eigenvalue weighted by atomic mass is 10.3. The number of nitrogens with one attached hydrogen (secondary N) is 1. The lowest BCUT2D eigenvalue weighted by Crippen LogP contribution is -2.35. The molecule has 0 saturated heterocycles. The molecule has 0 spiro atoms. The lowest BCUT2D eigenvalue weighted by molar-refractivity contribution is -0.387. The predicted octanol–water partition coefficient (Wildman–Crippen LogP) is 0.393. The van der Waals surface area contributed by atoms with Crippen molar-refractivity contribution in [3.05, 3.63) is 34.1 Å². The van der Waals surface area contributed by atoms with Crippen molar-refractivity contribution in [2.75, 3.05) is 6.61 Å². The molecule has 7 nitrogen and oxygen atoms in total. The minimum atomic E-state index is -4.01. The van der Waals surface area contributed by atoms with Crippen LogP contribution in [0.25, 0.3) is 0 Å². The zero-order valence-corrected chi connectivity index (χ0v) is 10.1. The number of rotatable bonds is 5. The van der Waals surface area contributed by atoms with Gasteiger partial charge in [-0.15, -0.1) is 0 Å². The maximum absolute atomic E-state index is 13.3. The summed E-state index contributed by atoms with van der Waals surface area (Å²) in [5.74, 6) is -1.24. The average molecular weight is 278 g/mol. The minimum absolute atomic E-state index is 0.422. The molecule has 0 bridgehead atoms. The molecule has 0 amide bonds. The van der Waals surface area contributed by atoms with Gasteiger partial charge in [0.25, 0.3) is 0 Å². The van der Waals surface area contributed by atoms with Crippen LogP contribution in [-0.4, -0.2) is 31.1 Å². The third-order valence-corrected chi connectivity index (χ3v) is 3.64. The second kappa shape index (κ2) is 5.38. The van der Waals surface area contributed by atoms with E-state index < -0.39 is 44.0 Å². The molecular weight excluding hydrogens is 267 g/mol. The quantitative estimate of drug-likeness (QED) is 0.598. The van der Waals surface area contributed by atoms with Crippen molar-refractivity contribution >= 4 is 15.7 Å². The van der Waals surface area contributed by atoms with Crippen LogP contribution in [0.3, 0.4) is 0 Å². The van der Waals surface area contributed by atoms with E-state index in [4.69, 9.17) is 5.11 Å². The van der Waals surface area contributed by atoms with Crippen molar-refractivity contribution in [2.45, 2.75) is 17.9 Å². The molecule has 0 aromatic heterocycles. The van der Waals surface area contributed by atoms with Gasteiger partial charge in [0.1, 0.15) is 0 Å². The number of nitro benzene ring substituents is 1. The summed E-state index contributed by atoms with van der Waals surface area (Å²) in [7, 11) is -4.01. The Bertz CT molecular complexity index is 560. The maximum atomic E-state index is 13.3. The molecule has 100 valence electrons. The van der Waals surface area contributed by atoms with Gasteiger partial charge in [-0.25, -0.2) is 13.1 Å². The average Bonchev–Trinajstić information content (AvgIpc) is 2.27. The molecule has 2 N–H and O–H groups in total. The summed E-state index contributed by atoms with van der Waals surface area (Å²) in [6.07, 6.45) is 0. The number of sulfonamides is 1. The third-order valence-electron chi connectivity index (χ3n) is 2.06. The normalized spacial score (nSPS) is 13.3. The van der Waals surface area contributed by atoms with E-state index in [1.54, 1.807) is 0 Å². The Morgan fingerprint density at radius 3 is 2.61 bits per heavy atom. The Balaban J connectivity index is 3.12. The summed E-state index contributed by atoms with van der Waals surface area (Å²) < 4.78 is 38.7. The monoisotopic (exact) mass is 278 g/mol. The summed E-state index contributed by atoms with van der Waals surface area (Å²) in [5.41, 5.74) is -0.802. The fraction of sp³-hybridized carbons (Fsp3) is 0.333. The molecule has 1 atom stereocenters. The minimum Gasteiger partial charge on any atom is -0.395 e. The van der Waals surface area contributed by atoms with Crippen LogP contribution in [-0.2, 0) is 10.0 Å². The number of benzene rings is 1. The molecule has 0 aliphatic heterocycles. The second-order valence-corrected chi connectivity index (χ2v) is 5.29. The number of aliphatic hydroxyl groups excluding tert-OH is 1. The molecule has 1 rings (SSSR count). The van der Waals surface area contributed by atoms with E-state index in [9.17, 15) is 22.9 Å². The third kappa shape index (κ3) is 3.22. The topological polar surface area (TPSA) is 110 Å². The second-order valence-electron chi connectivity index (χ2n) is 3.58. The zero-order valence-electron chi connectivity index (χ0n) is 9.33. The smallest absolute Gasteiger partial charge is 0.304 e. The standard InChI is InChI=1S/C9H11FN2O5S/c1-6(5-13)11-18(16,17)7-2-3-9(12(14)15)8(10)4-7/h2-4,6,11,13H,5H2,1H3/t6-/m1/s1. The van der Waals surface area contributed by atoms with E-state index >= 15 is 0 Å². The van der Waals surface area contributed by atoms with Crippen molar-refractivity contribution < 1.29 is 22.8 Å². The van der Waals surface area contributed by atoms with Gasteiger partial charge in [-0.3, -0.25) is 10.1 Å². The van der Waals surface area contributed by atoms with Gasteiger partial charge in [0.2, 0.25) is 15.8 Å². The predicted molar refractivity (Wildman–Crippen MR) is 59.9 cm³/mol. The first-order valence-corrected chi connectivity index (χ1v) is 6.33. The van der Waals surface area contributed by atoms with Crippen LogP contribution in [0.15, 0.2) is 23.1 Å². The van der Waals surface area contributed by atoms with Crippen molar-refractivity contribution in [3.8, 4) is 0 Å². The Hall–Kier alpha value is -1.58. The van der Waals surface area contributed by atoms with Crippen molar-refractivity contribution in [1.82, 2.24) is 4.72 Å². The molecule has 1 aromatic carbocycles. The fourth-order valence-corrected chi connectivity index (χ4v) is 2.42. The molecule has 0 heterocycles. The van der Waals surface area contributed by atoms with E-state index in [-0.39, 0.29) is 0 Å². The number of hydrogen-bond acceptors (Lipinski definition) is 5. The molecule has 18 heavy (non-hydrogen) atoms. The molecule has 0 saturated carbocycles. The summed E-state index contributed by atoms with van der Waals surface area (Å²) in [6, 6.07) is 1.51. The van der Waals surface area contributed by atoms with Gasteiger partial charge >= 0.3 is 5.69 Å². The first kappa shape index (κ1) is 14.5. The molecule has 0 unspecified atom stereocenters. The van der Waals surface area contributed by atoms with Crippen LogP contribution < -0.4 is 4.72 Å². The Kier molecular flexibility index (Phi) is 4.33. The molecule has 0 aliphatic carbocycles. The van der Waals surface area contributed by atoms with E-state index in [1.807, 2.05) is 0 Å². The number of halogens is 1. The largest absolute Gasteiger partial charge is 0.395 e. The number of hydrogen-bond donors (Lipinski definition) is 2. The van der Waals surface area contributed by atoms with E-state index in [1.165, 1.54) is 6.92 Å². The van der Waals surface area contributed by atoms with Gasteiger partial charge in [0, 0.05) is 18.2 Å². The van der Waals surface area contributed by atoms with Gasteiger partial charge < -0.3 is 5.11 Å². The highest BCUT2D eigenvalue weighted by atomic mass is 32.2. The van der Waals surface area contributed by atoms with Crippen LogP contribution in [0.1, 0.15) is 6.92 Å². The molecular formula is C9H11FN2O5S. The van der Waals surface area contributed by atoms with Crippen LogP contribution in [0.2, 0.25) is 0 Å². The summed E-state index contributed by atoms with van der Waals surface area (Å²) in [4.78, 5) is 8.99. The SMILES string of the molecule is C[C@H](CO)NS(=O)(=O)c1ccc([N+](=O)[O-])c(F)c1. The zero-order chi connectivity index (χ0) is 13.9. The number of nitro groups is 1. The highest BCUT2D eigenvalue weighted by molar-refractivity contribution is 7.89. The maximum Gasteiger partial charge on any atom is 0.304 e. The first-order valence-electron chi connectivity index (χ1n) is 4.85. The lowest BCUT2D eigenvalue weighted by Gasteiger charge is -2.11. The molecule has 0 aliphatic rings. The fourth-order valence-electron chi connectivity index (χ4n) is 1.17. The van der Waals surface area contributed by atoms with Crippen molar-refractivity contribution in [3.63, 3.8) is 0 Å². The van der Waals surface area contributed by atoms with E-state index in [0.29, 0.717) is 6.07 Å². The molecule has 9 heteroatoms. The Morgan fingerprint density at radius 1 is 1.56 bits per heavy atom. The van der Waals surface area contributed by atoms with Crippen LogP contribution in [0.4, 0.5) is 10.1 Å². The van der Waals surface area contributed by atoms with Crippen molar-refractivity contribution in [2.24, 2.45) is 0 Å². The van der Waals surface area contributed by atoms with Crippen LogP contribution >= 0.6 is 0 Å². The Morgan fingerprint density at radius 2 is 2.17 bits per heavy atom. The van der Waals surface area contributed by atoms with Gasteiger partial charge in [0.05, 0.1) is 16.4 Å². The number of nitrogens with zero attached hydrogens (tertiary/aromatic N) is 1. The first-order chi connectivity index (χ1) is 8.27.